The Labute approximate surface area is 115 Å². The first kappa shape index (κ1) is 13.4. The number of benzene rings is 2. The molecular formula is C14H12Cl2O2. The van der Waals surface area contributed by atoms with E-state index in [4.69, 9.17) is 23.2 Å². The van der Waals surface area contributed by atoms with Crippen molar-refractivity contribution in [1.29, 1.82) is 0 Å². The molecule has 0 radical (unpaired) electrons. The summed E-state index contributed by atoms with van der Waals surface area (Å²) in [5.74, 6) is 0. The first-order valence-electron chi connectivity index (χ1n) is 5.45. The molecule has 2 rings (SSSR count). The van der Waals surface area contributed by atoms with E-state index in [1.807, 2.05) is 0 Å². The van der Waals surface area contributed by atoms with Crippen LogP contribution in [0.1, 0.15) is 23.3 Å². The Kier molecular flexibility index (Phi) is 4.25. The largest absolute Gasteiger partial charge is 0.385 e. The van der Waals surface area contributed by atoms with Gasteiger partial charge in [-0.1, -0.05) is 47.5 Å². The summed E-state index contributed by atoms with van der Waals surface area (Å²) >= 11 is 11.5. The van der Waals surface area contributed by atoms with Crippen LogP contribution in [-0.2, 0) is 0 Å². The number of aliphatic hydroxyl groups is 2. The van der Waals surface area contributed by atoms with Crippen molar-refractivity contribution in [2.24, 2.45) is 0 Å². The molecule has 0 amide bonds. The Bertz CT molecular complexity index is 459. The summed E-state index contributed by atoms with van der Waals surface area (Å²) in [6.45, 7) is 0. The third-order valence-electron chi connectivity index (χ3n) is 2.72. The molecule has 0 unspecified atom stereocenters. The molecule has 0 aromatic heterocycles. The Balaban J connectivity index is 2.20. The Morgan fingerprint density at radius 1 is 0.611 bits per heavy atom. The van der Waals surface area contributed by atoms with Crippen molar-refractivity contribution in [2.45, 2.75) is 12.2 Å². The van der Waals surface area contributed by atoms with Crippen molar-refractivity contribution >= 4 is 23.2 Å². The van der Waals surface area contributed by atoms with Crippen LogP contribution in [0.25, 0.3) is 0 Å². The molecule has 2 nitrogen and oxygen atoms in total. The zero-order valence-corrected chi connectivity index (χ0v) is 10.9. The van der Waals surface area contributed by atoms with Gasteiger partial charge < -0.3 is 10.2 Å². The molecule has 2 N–H and O–H groups in total. The third kappa shape index (κ3) is 3.03. The molecule has 0 aliphatic heterocycles. The molecule has 0 spiro atoms. The van der Waals surface area contributed by atoms with Crippen LogP contribution in [-0.4, -0.2) is 10.2 Å². The SMILES string of the molecule is O[C@H](c1ccc(Cl)cc1)[C@@H](O)c1ccc(Cl)cc1. The van der Waals surface area contributed by atoms with Gasteiger partial charge in [0.2, 0.25) is 0 Å². The minimum atomic E-state index is -0.997. The summed E-state index contributed by atoms with van der Waals surface area (Å²) in [6.07, 6.45) is -1.99. The van der Waals surface area contributed by atoms with Gasteiger partial charge >= 0.3 is 0 Å². The summed E-state index contributed by atoms with van der Waals surface area (Å²) in [5, 5.41) is 21.3. The lowest BCUT2D eigenvalue weighted by Crippen LogP contribution is -2.10. The van der Waals surface area contributed by atoms with Crippen molar-refractivity contribution in [1.82, 2.24) is 0 Å². The molecule has 2 aromatic rings. The van der Waals surface area contributed by atoms with Gasteiger partial charge in [-0.2, -0.15) is 0 Å². The Morgan fingerprint density at radius 2 is 0.889 bits per heavy atom. The first-order chi connectivity index (χ1) is 8.58. The Morgan fingerprint density at radius 3 is 1.17 bits per heavy atom. The minimum absolute atomic E-state index is 0.590. The van der Waals surface area contributed by atoms with Gasteiger partial charge in [0.1, 0.15) is 12.2 Å². The second-order valence-corrected chi connectivity index (χ2v) is 4.87. The van der Waals surface area contributed by atoms with Crippen LogP contribution in [0.5, 0.6) is 0 Å². The topological polar surface area (TPSA) is 40.5 Å². The molecular weight excluding hydrogens is 271 g/mol. The second-order valence-electron chi connectivity index (χ2n) is 3.99. The molecule has 94 valence electrons. The van der Waals surface area contributed by atoms with Crippen LogP contribution in [0.4, 0.5) is 0 Å². The fourth-order valence-electron chi connectivity index (χ4n) is 1.68. The van der Waals surface area contributed by atoms with Crippen molar-refractivity contribution in [3.8, 4) is 0 Å². The molecule has 2 aromatic carbocycles. The monoisotopic (exact) mass is 282 g/mol. The molecule has 0 saturated heterocycles. The highest BCUT2D eigenvalue weighted by molar-refractivity contribution is 6.30. The molecule has 0 aliphatic rings. The standard InChI is InChI=1S/C14H12Cl2O2/c15-11-5-1-9(2-6-11)13(17)14(18)10-3-7-12(16)8-4-10/h1-8,13-14,17-18H/t13-,14+. The van der Waals surface area contributed by atoms with Crippen molar-refractivity contribution in [2.75, 3.05) is 0 Å². The average Bonchev–Trinajstić information content (AvgIpc) is 2.39. The van der Waals surface area contributed by atoms with Crippen LogP contribution in [0.2, 0.25) is 10.0 Å². The number of aliphatic hydroxyl groups excluding tert-OH is 2. The molecule has 0 heterocycles. The predicted molar refractivity (Wildman–Crippen MR) is 72.8 cm³/mol. The van der Waals surface area contributed by atoms with Gasteiger partial charge in [0.05, 0.1) is 0 Å². The van der Waals surface area contributed by atoms with Crippen molar-refractivity contribution < 1.29 is 10.2 Å². The summed E-state index contributed by atoms with van der Waals surface area (Å²) in [5.41, 5.74) is 1.23. The molecule has 0 saturated carbocycles. The van der Waals surface area contributed by atoms with E-state index in [0.717, 1.165) is 0 Å². The molecule has 0 aliphatic carbocycles. The van der Waals surface area contributed by atoms with Gasteiger partial charge in [0, 0.05) is 10.0 Å². The lowest BCUT2D eigenvalue weighted by molar-refractivity contribution is 0.0172. The number of hydrogen-bond donors (Lipinski definition) is 2. The van der Waals surface area contributed by atoms with Gasteiger partial charge in [-0.15, -0.1) is 0 Å². The van der Waals surface area contributed by atoms with E-state index in [9.17, 15) is 10.2 Å². The van der Waals surface area contributed by atoms with E-state index in [1.54, 1.807) is 48.5 Å². The van der Waals surface area contributed by atoms with E-state index in [2.05, 4.69) is 0 Å². The van der Waals surface area contributed by atoms with Gasteiger partial charge in [-0.3, -0.25) is 0 Å². The summed E-state index contributed by atoms with van der Waals surface area (Å²) in [4.78, 5) is 0. The van der Waals surface area contributed by atoms with Crippen LogP contribution in [0.15, 0.2) is 48.5 Å². The van der Waals surface area contributed by atoms with Crippen molar-refractivity contribution in [3.05, 3.63) is 69.7 Å². The quantitative estimate of drug-likeness (QED) is 0.900. The smallest absolute Gasteiger partial charge is 0.109 e. The molecule has 4 heteroatoms. The summed E-state index contributed by atoms with van der Waals surface area (Å²) in [7, 11) is 0. The van der Waals surface area contributed by atoms with Gasteiger partial charge in [-0.05, 0) is 35.4 Å². The van der Waals surface area contributed by atoms with Gasteiger partial charge in [0.25, 0.3) is 0 Å². The summed E-state index contributed by atoms with van der Waals surface area (Å²) in [6, 6.07) is 13.4. The third-order valence-corrected chi connectivity index (χ3v) is 3.23. The van der Waals surface area contributed by atoms with Gasteiger partial charge in [-0.25, -0.2) is 0 Å². The molecule has 0 fully saturated rings. The lowest BCUT2D eigenvalue weighted by Gasteiger charge is -2.18. The molecule has 2 atom stereocenters. The summed E-state index contributed by atoms with van der Waals surface area (Å²) < 4.78 is 0. The van der Waals surface area contributed by atoms with E-state index >= 15 is 0 Å². The van der Waals surface area contributed by atoms with Crippen LogP contribution >= 0.6 is 23.2 Å². The first-order valence-corrected chi connectivity index (χ1v) is 6.20. The highest BCUT2D eigenvalue weighted by Crippen LogP contribution is 2.29. The minimum Gasteiger partial charge on any atom is -0.385 e. The van der Waals surface area contributed by atoms with E-state index in [1.165, 1.54) is 0 Å². The zero-order valence-electron chi connectivity index (χ0n) is 9.42. The van der Waals surface area contributed by atoms with Crippen LogP contribution < -0.4 is 0 Å². The zero-order chi connectivity index (χ0) is 13.1. The highest BCUT2D eigenvalue weighted by Gasteiger charge is 2.19. The van der Waals surface area contributed by atoms with Crippen LogP contribution in [0, 0.1) is 0 Å². The maximum atomic E-state index is 10.1. The molecule has 18 heavy (non-hydrogen) atoms. The maximum absolute atomic E-state index is 10.1. The number of rotatable bonds is 3. The maximum Gasteiger partial charge on any atom is 0.109 e. The number of halogens is 2. The van der Waals surface area contributed by atoms with E-state index in [-0.39, 0.29) is 0 Å². The normalized spacial score (nSPS) is 14.2. The van der Waals surface area contributed by atoms with Crippen LogP contribution in [0.3, 0.4) is 0 Å². The Hall–Kier alpha value is -1.06. The van der Waals surface area contributed by atoms with Crippen molar-refractivity contribution in [3.63, 3.8) is 0 Å². The van der Waals surface area contributed by atoms with Gasteiger partial charge in [0.15, 0.2) is 0 Å². The fourth-order valence-corrected chi connectivity index (χ4v) is 1.94. The number of hydrogen-bond acceptors (Lipinski definition) is 2. The highest BCUT2D eigenvalue weighted by atomic mass is 35.5. The average molecular weight is 283 g/mol. The predicted octanol–water partition coefficient (Wildman–Crippen LogP) is 3.76. The van der Waals surface area contributed by atoms with E-state index in [0.29, 0.717) is 21.2 Å². The second kappa shape index (κ2) is 5.72. The lowest BCUT2D eigenvalue weighted by atomic mass is 9.98. The van der Waals surface area contributed by atoms with E-state index < -0.39 is 12.2 Å². The molecule has 0 bridgehead atoms. The fraction of sp³-hybridized carbons (Fsp3) is 0.143.